The van der Waals surface area contributed by atoms with Crippen molar-refractivity contribution in [1.29, 1.82) is 0 Å². The normalized spacial score (nSPS) is 13.0. The maximum atomic E-state index is 2.69. The molecule has 0 spiro atoms. The van der Waals surface area contributed by atoms with Crippen LogP contribution in [0.1, 0.15) is 0 Å². The first-order valence-corrected chi connectivity index (χ1v) is 24.8. The highest BCUT2D eigenvalue weighted by Gasteiger charge is 2.55. The van der Waals surface area contributed by atoms with Gasteiger partial charge in [-0.2, -0.15) is 0 Å². The van der Waals surface area contributed by atoms with Crippen molar-refractivity contribution < 1.29 is 0 Å². The molecule has 0 bridgehead atoms. The Morgan fingerprint density at radius 2 is 0.607 bits per heavy atom. The first-order chi connectivity index (χ1) is 13.2. The van der Waals surface area contributed by atoms with Crippen molar-refractivity contribution in [3.05, 3.63) is 91.0 Å². The van der Waals surface area contributed by atoms with Crippen molar-refractivity contribution in [1.82, 2.24) is 0 Å². The molecule has 4 heteroatoms. The first kappa shape index (κ1) is 21.2. The van der Waals surface area contributed by atoms with E-state index in [1.54, 1.807) is 15.6 Å². The summed E-state index contributed by atoms with van der Waals surface area (Å²) in [6.07, 6.45) is 0. The summed E-state index contributed by atoms with van der Waals surface area (Å²) in [6, 6.07) is 34.6. The Hall–Kier alpha value is -1.47. The van der Waals surface area contributed by atoms with Gasteiger partial charge < -0.3 is 0 Å². The molecule has 0 amide bonds. The van der Waals surface area contributed by atoms with Crippen LogP contribution in [0.4, 0.5) is 0 Å². The van der Waals surface area contributed by atoms with Gasteiger partial charge in [0.25, 0.3) is 0 Å². The second-order valence-corrected chi connectivity index (χ2v) is 46.0. The van der Waals surface area contributed by atoms with E-state index < -0.39 is 30.1 Å². The summed E-state index contributed by atoms with van der Waals surface area (Å²) in [6.45, 7) is 16.1. The van der Waals surface area contributed by atoms with Crippen LogP contribution in [0, 0.1) is 0 Å². The lowest BCUT2D eigenvalue weighted by atomic mass is 10.4. The quantitative estimate of drug-likeness (QED) is 0.508. The maximum absolute atomic E-state index is 2.69. The molecule has 0 nitrogen and oxygen atoms in total. The van der Waals surface area contributed by atoms with Crippen LogP contribution in [0.15, 0.2) is 91.0 Å². The van der Waals surface area contributed by atoms with Gasteiger partial charge in [-0.3, -0.25) is 0 Å². The summed E-state index contributed by atoms with van der Waals surface area (Å²) in [7, 11) is -5.87. The van der Waals surface area contributed by atoms with Crippen LogP contribution in [0.2, 0.25) is 39.3 Å². The van der Waals surface area contributed by atoms with E-state index in [9.17, 15) is 0 Å². The molecule has 0 N–H and O–H groups in total. The van der Waals surface area contributed by atoms with Gasteiger partial charge in [0.05, 0.1) is 22.8 Å². The summed E-state index contributed by atoms with van der Waals surface area (Å²) in [5.74, 6) is 0. The third kappa shape index (κ3) is 3.96. The molecule has 0 fully saturated rings. The standard InChI is InChI=1S/C24H34Si4/c1-26(2,22-16-10-7-11-17-22)25(27(3,4)23-18-12-8-13-19-23)28(5,6)24-20-14-9-15-21-24/h7-21,25H,1-6H3. The van der Waals surface area contributed by atoms with Crippen molar-refractivity contribution in [3.63, 3.8) is 0 Å². The lowest BCUT2D eigenvalue weighted by molar-refractivity contribution is 1.70. The fraction of sp³-hybridized carbons (Fsp3) is 0.250. The van der Waals surface area contributed by atoms with Crippen LogP contribution < -0.4 is 15.6 Å². The maximum Gasteiger partial charge on any atom is 0.0666 e. The van der Waals surface area contributed by atoms with E-state index in [1.807, 2.05) is 0 Å². The van der Waals surface area contributed by atoms with Gasteiger partial charge in [-0.15, -0.1) is 0 Å². The van der Waals surface area contributed by atoms with Crippen molar-refractivity contribution in [3.8, 4) is 0 Å². The third-order valence-corrected chi connectivity index (χ3v) is 71.5. The van der Waals surface area contributed by atoms with E-state index in [0.717, 1.165) is 0 Å². The molecule has 0 aliphatic rings. The van der Waals surface area contributed by atoms with E-state index in [0.29, 0.717) is 0 Å². The summed E-state index contributed by atoms with van der Waals surface area (Å²) in [5.41, 5.74) is 0. The Kier molecular flexibility index (Phi) is 6.15. The minimum absolute atomic E-state index is 1.12. The molecule has 28 heavy (non-hydrogen) atoms. The zero-order valence-electron chi connectivity index (χ0n) is 18.2. The second-order valence-electron chi connectivity index (χ2n) is 9.70. The molecule has 0 saturated heterocycles. The van der Waals surface area contributed by atoms with Gasteiger partial charge in [0.15, 0.2) is 0 Å². The summed E-state index contributed by atoms with van der Waals surface area (Å²) >= 11 is 0. The van der Waals surface area contributed by atoms with Crippen LogP contribution >= 0.6 is 0 Å². The fourth-order valence-corrected chi connectivity index (χ4v) is 94.1. The number of benzene rings is 3. The molecule has 0 aliphatic carbocycles. The average Bonchev–Trinajstić information content (AvgIpc) is 2.69. The molecule has 0 heterocycles. The predicted molar refractivity (Wildman–Crippen MR) is 138 cm³/mol. The van der Waals surface area contributed by atoms with Gasteiger partial charge in [0.2, 0.25) is 0 Å². The highest BCUT2D eigenvalue weighted by atomic mass is 29.9. The van der Waals surface area contributed by atoms with Crippen LogP contribution in [-0.2, 0) is 0 Å². The Morgan fingerprint density at radius 1 is 0.393 bits per heavy atom. The first-order valence-electron chi connectivity index (χ1n) is 10.3. The van der Waals surface area contributed by atoms with Crippen molar-refractivity contribution in [2.45, 2.75) is 39.3 Å². The Bertz CT molecular complexity index is 765. The molecule has 146 valence electrons. The molecule has 0 aromatic heterocycles. The molecule has 0 atom stereocenters. The molecule has 0 radical (unpaired) electrons. The molecule has 3 rings (SSSR count). The van der Waals surface area contributed by atoms with Crippen molar-refractivity contribution >= 4 is 45.7 Å². The highest BCUT2D eigenvalue weighted by Crippen LogP contribution is 2.26. The second kappa shape index (κ2) is 8.11. The minimum Gasteiger partial charge on any atom is -0.0680 e. The van der Waals surface area contributed by atoms with Crippen LogP contribution in [0.5, 0.6) is 0 Å². The van der Waals surface area contributed by atoms with Gasteiger partial charge >= 0.3 is 0 Å². The SMILES string of the molecule is C[Si](C)(c1ccccc1)[SiH]([Si](C)(C)c1ccccc1)[Si](C)(C)c1ccccc1. The Morgan fingerprint density at radius 3 is 0.821 bits per heavy atom. The lowest BCUT2D eigenvalue weighted by Gasteiger charge is -2.50. The van der Waals surface area contributed by atoms with Gasteiger partial charge in [-0.25, -0.2) is 0 Å². The van der Waals surface area contributed by atoms with Crippen LogP contribution in [0.3, 0.4) is 0 Å². The van der Waals surface area contributed by atoms with Crippen molar-refractivity contribution in [2.24, 2.45) is 0 Å². The zero-order valence-corrected chi connectivity index (χ0v) is 22.4. The summed E-state index contributed by atoms with van der Waals surface area (Å²) in [4.78, 5) is 0. The minimum atomic E-state index is -1.58. The van der Waals surface area contributed by atoms with Crippen molar-refractivity contribution in [2.75, 3.05) is 0 Å². The van der Waals surface area contributed by atoms with E-state index in [1.165, 1.54) is 0 Å². The van der Waals surface area contributed by atoms with Gasteiger partial charge in [0.1, 0.15) is 0 Å². The molecular weight excluding hydrogens is 401 g/mol. The fourth-order valence-electron chi connectivity index (χ4n) is 5.81. The number of hydrogen-bond acceptors (Lipinski definition) is 0. The topological polar surface area (TPSA) is 0 Å². The average molecular weight is 435 g/mol. The lowest BCUT2D eigenvalue weighted by Crippen LogP contribution is -2.82. The van der Waals surface area contributed by atoms with E-state index in [-0.39, 0.29) is 0 Å². The van der Waals surface area contributed by atoms with E-state index in [2.05, 4.69) is 130 Å². The van der Waals surface area contributed by atoms with E-state index in [4.69, 9.17) is 0 Å². The number of hydrogen-bond donors (Lipinski definition) is 0. The Labute approximate surface area is 175 Å². The third-order valence-electron chi connectivity index (χ3n) is 6.72. The molecule has 0 aliphatic heterocycles. The van der Waals surface area contributed by atoms with Gasteiger partial charge in [-0.05, 0) is 0 Å². The molecule has 0 unspecified atom stereocenters. The molecule has 3 aromatic rings. The highest BCUT2D eigenvalue weighted by molar-refractivity contribution is 7.86. The van der Waals surface area contributed by atoms with Gasteiger partial charge in [-0.1, -0.05) is 146 Å². The molecular formula is C24H34Si4. The summed E-state index contributed by atoms with van der Waals surface area (Å²) in [5, 5.41) is 5.00. The number of rotatable bonds is 6. The summed E-state index contributed by atoms with van der Waals surface area (Å²) < 4.78 is 0. The smallest absolute Gasteiger partial charge is 0.0666 e. The zero-order chi connectivity index (χ0) is 20.4. The van der Waals surface area contributed by atoms with Gasteiger partial charge in [0, 0.05) is 7.35 Å². The molecule has 3 aromatic carbocycles. The largest absolute Gasteiger partial charge is 0.0680 e. The Balaban J connectivity index is 2.23. The predicted octanol–water partition coefficient (Wildman–Crippen LogP) is 4.30. The van der Waals surface area contributed by atoms with Crippen LogP contribution in [-0.4, -0.2) is 30.1 Å². The van der Waals surface area contributed by atoms with E-state index >= 15 is 0 Å². The molecule has 0 saturated carbocycles. The van der Waals surface area contributed by atoms with Crippen LogP contribution in [0.25, 0.3) is 0 Å². The monoisotopic (exact) mass is 434 g/mol.